The first-order valence-corrected chi connectivity index (χ1v) is 43.1. The summed E-state index contributed by atoms with van der Waals surface area (Å²) in [6.45, 7) is 0. The summed E-state index contributed by atoms with van der Waals surface area (Å²) in [7, 11) is 0. The van der Waals surface area contributed by atoms with E-state index >= 15 is 0 Å². The highest BCUT2D eigenvalue weighted by atomic mass is 16.3. The molecule has 0 bridgehead atoms. The molecule has 131 heavy (non-hydrogen) atoms. The molecule has 0 spiro atoms. The highest BCUT2D eigenvalue weighted by Gasteiger charge is 2.27. The molecule has 0 radical (unpaired) electrons. The average Bonchev–Trinajstić information content (AvgIpc) is 1.64. The lowest BCUT2D eigenvalue weighted by Gasteiger charge is -2.19. The van der Waals surface area contributed by atoms with Crippen LogP contribution in [0, 0.1) is 0 Å². The van der Waals surface area contributed by atoms with E-state index < -0.39 is 72.5 Å². The van der Waals surface area contributed by atoms with Gasteiger partial charge in [-0.15, -0.1) is 0 Å². The Morgan fingerprint density at radius 3 is 0.802 bits per heavy atom. The summed E-state index contributed by atoms with van der Waals surface area (Å²) in [6.07, 6.45) is 0. The molecule has 0 unspecified atom stereocenters. The molecular formula is C128H78O3. The molecule has 608 valence electrons. The zero-order valence-corrected chi connectivity index (χ0v) is 69.4. The van der Waals surface area contributed by atoms with Crippen molar-refractivity contribution in [2.45, 2.75) is 0 Å². The van der Waals surface area contributed by atoms with E-state index in [0.29, 0.717) is 116 Å². The van der Waals surface area contributed by atoms with E-state index in [1.54, 1.807) is 18.2 Å². The molecule has 0 saturated carbocycles. The second-order valence-corrected chi connectivity index (χ2v) is 32.7. The Hall–Kier alpha value is -17.2. The van der Waals surface area contributed by atoms with Gasteiger partial charge in [0, 0.05) is 32.3 Å². The Balaban J connectivity index is 0.000000116. The molecule has 0 aliphatic carbocycles. The fourth-order valence-electron chi connectivity index (χ4n) is 20.1. The van der Waals surface area contributed by atoms with Gasteiger partial charge in [-0.1, -0.05) is 424 Å². The largest absolute Gasteiger partial charge is 0.456 e. The standard InChI is InChI=1S/C46H28O.C42H26O.C40H24O/c1-2-16-33-29(12-1)26-27-30-13-10-22-34(43(30)33)31-14-9-15-32(28-31)44-35-17-3-5-19-37(35)45(38-20-6-4-18-36(38)44)40-23-11-25-42-46(40)39-21-7-8-24-41(39)47-42;1-2-11-30-26-31(25-22-27(30)10-1)28-20-23-29(24-21-28)40-32-12-3-5-14-34(32)41(35-15-6-4-13-33(35)40)37-17-9-19-39-42(37)36-16-7-8-18-38(36)43-39;1-2-13-27-25(11-1)23-24-26-12-9-19-33(37(26)27)38-28-14-3-5-16-30(28)39(31-17-6-4-15-29(31)38)34-20-10-22-36-40(34)32-18-7-8-21-35(32)41-36/h1-28H;1-26H;1-24H/i3D,4D,5D,6D,17D,18D,19D,20D;3D,4D,5D,6D,12D,13D,14D,15D;3D,4D,5D,6D,14D,15D,16D,17D. The average molecular weight is 1690 g/mol. The fourth-order valence-corrected chi connectivity index (χ4v) is 20.1. The van der Waals surface area contributed by atoms with Crippen LogP contribution in [0.4, 0.5) is 0 Å². The van der Waals surface area contributed by atoms with E-state index in [0.717, 1.165) is 92.3 Å². The number of benzene rings is 25. The fraction of sp³-hybridized carbons (Fsp3) is 0. The molecule has 0 saturated heterocycles. The van der Waals surface area contributed by atoms with Crippen LogP contribution in [0.25, 0.3) is 273 Å². The molecule has 0 aliphatic heterocycles. The first kappa shape index (κ1) is 54.6. The van der Waals surface area contributed by atoms with E-state index in [1.165, 1.54) is 0 Å². The second-order valence-electron chi connectivity index (χ2n) is 32.7. The molecule has 0 atom stereocenters. The maximum absolute atomic E-state index is 9.45. The maximum atomic E-state index is 9.45. The Bertz CT molecular complexity index is 10900. The zero-order valence-electron chi connectivity index (χ0n) is 93.4. The minimum Gasteiger partial charge on any atom is -0.456 e. The summed E-state index contributed by atoms with van der Waals surface area (Å²) in [5.74, 6) is 0. The van der Waals surface area contributed by atoms with Gasteiger partial charge in [0.1, 0.15) is 33.5 Å². The van der Waals surface area contributed by atoms with Gasteiger partial charge in [0.25, 0.3) is 0 Å². The molecule has 3 heteroatoms. The lowest BCUT2D eigenvalue weighted by molar-refractivity contribution is 0.668. The molecule has 28 aromatic rings. The highest BCUT2D eigenvalue weighted by molar-refractivity contribution is 6.31. The Morgan fingerprint density at radius 1 is 0.137 bits per heavy atom. The van der Waals surface area contributed by atoms with Crippen LogP contribution in [-0.2, 0) is 0 Å². The lowest BCUT2D eigenvalue weighted by Crippen LogP contribution is -1.92. The molecule has 0 amide bonds. The Kier molecular flexibility index (Phi) is 12.8. The van der Waals surface area contributed by atoms with E-state index in [2.05, 4.69) is 60.7 Å². The number of rotatable bonds is 8. The van der Waals surface area contributed by atoms with Crippen LogP contribution < -0.4 is 0 Å². The van der Waals surface area contributed by atoms with E-state index in [9.17, 15) is 16.4 Å². The van der Waals surface area contributed by atoms with Crippen LogP contribution in [0.15, 0.2) is 486 Å². The normalized spacial score (nSPS) is 14.4. The van der Waals surface area contributed by atoms with Gasteiger partial charge < -0.3 is 13.3 Å². The third-order valence-corrected chi connectivity index (χ3v) is 25.7. The number of hydrogen-bond acceptors (Lipinski definition) is 3. The van der Waals surface area contributed by atoms with Crippen molar-refractivity contribution in [1.29, 1.82) is 0 Å². The summed E-state index contributed by atoms with van der Waals surface area (Å²) in [5, 5.41) is 16.6. The summed E-state index contributed by atoms with van der Waals surface area (Å²) in [4.78, 5) is 0. The van der Waals surface area contributed by atoms with Crippen molar-refractivity contribution < 1.29 is 46.1 Å². The van der Waals surface area contributed by atoms with Crippen molar-refractivity contribution in [2.24, 2.45) is 0 Å². The van der Waals surface area contributed by atoms with E-state index in [4.69, 9.17) is 29.7 Å². The van der Waals surface area contributed by atoms with Gasteiger partial charge in [0.15, 0.2) is 0 Å². The van der Waals surface area contributed by atoms with Gasteiger partial charge >= 0.3 is 0 Å². The predicted molar refractivity (Wildman–Crippen MR) is 557 cm³/mol. The third-order valence-electron chi connectivity index (χ3n) is 25.7. The Morgan fingerprint density at radius 2 is 0.397 bits per heavy atom. The molecular weight excluding hydrogens is 1590 g/mol. The smallest absolute Gasteiger partial charge is 0.136 e. The topological polar surface area (TPSA) is 39.4 Å². The molecule has 25 aromatic carbocycles. The Labute approximate surface area is 788 Å². The van der Waals surface area contributed by atoms with Crippen molar-refractivity contribution in [2.75, 3.05) is 0 Å². The minimum absolute atomic E-state index is 0.165. The molecule has 28 rings (SSSR count). The van der Waals surface area contributed by atoms with Gasteiger partial charge in [0.2, 0.25) is 0 Å². The molecule has 3 aromatic heterocycles. The number of fused-ring (bicyclic) bond motifs is 22. The SMILES string of the molecule is [2H]c1c([2H])c([2H])c2c(-c3cccc4oc5ccccc5c34)c3c([2H])c([2H])c([2H])c([2H])c3c(-c3ccc(-c4ccc5ccccc5c4)cc3)c2c1[2H].[2H]c1c([2H])c([2H])c2c(-c3cccc4oc5ccccc5c34)c3c([2H])c([2H])c([2H])c([2H])c3c(-c3cccc(-c4cccc5ccc6ccccc6c45)c3)c2c1[2H].[2H]c1c([2H])c([2H])c2c(-c3cccc4oc5ccccc5c34)c3c([2H])c([2H])c([2H])c([2H])c3c(-c3cccc4ccc5ccccc5c34)c2c1[2H]. The molecule has 3 heterocycles. The first-order valence-electron chi connectivity index (χ1n) is 55.1. The van der Waals surface area contributed by atoms with Gasteiger partial charge in [-0.05, 0) is 256 Å². The second kappa shape index (κ2) is 30.8. The molecule has 3 nitrogen and oxygen atoms in total. The third kappa shape index (κ3) is 12.3. The van der Waals surface area contributed by atoms with Crippen LogP contribution in [0.1, 0.15) is 32.9 Å². The van der Waals surface area contributed by atoms with Gasteiger partial charge in [0.05, 0.1) is 32.9 Å². The summed E-state index contributed by atoms with van der Waals surface area (Å²) >= 11 is 0. The maximum Gasteiger partial charge on any atom is 0.136 e. The quantitative estimate of drug-likeness (QED) is 0.112. The number of para-hydroxylation sites is 3. The molecule has 0 aliphatic rings. The van der Waals surface area contributed by atoms with Crippen LogP contribution in [0.3, 0.4) is 0 Å². The lowest BCUT2D eigenvalue weighted by atomic mass is 9.83. The van der Waals surface area contributed by atoms with Crippen molar-refractivity contribution in [1.82, 2.24) is 0 Å². The van der Waals surface area contributed by atoms with Crippen molar-refractivity contribution in [3.63, 3.8) is 0 Å². The summed E-state index contributed by atoms with van der Waals surface area (Å²) in [6, 6.07) is 95.8. The van der Waals surface area contributed by atoms with Crippen molar-refractivity contribution in [3.05, 3.63) is 473 Å². The number of furan rings is 3. The van der Waals surface area contributed by atoms with Crippen LogP contribution in [0.5, 0.6) is 0 Å². The summed E-state index contributed by atoms with van der Waals surface area (Å²) in [5.41, 5.74) is 12.4. The monoisotopic (exact) mass is 1690 g/mol. The molecule has 0 N–H and O–H groups in total. The van der Waals surface area contributed by atoms with Crippen LogP contribution in [-0.4, -0.2) is 0 Å². The highest BCUT2D eigenvalue weighted by Crippen LogP contribution is 2.53. The van der Waals surface area contributed by atoms with Gasteiger partial charge in [-0.3, -0.25) is 0 Å². The van der Waals surface area contributed by atoms with E-state index in [-0.39, 0.29) is 137 Å². The number of hydrogen-bond donors (Lipinski definition) is 0. The predicted octanol–water partition coefficient (Wildman–Crippen LogP) is 36.8. The van der Waals surface area contributed by atoms with Crippen molar-refractivity contribution >= 4 is 184 Å². The summed E-state index contributed by atoms with van der Waals surface area (Å²) < 4.78 is 237. The van der Waals surface area contributed by atoms with E-state index in [1.807, 2.05) is 249 Å². The van der Waals surface area contributed by atoms with Crippen LogP contribution in [0.2, 0.25) is 0 Å². The minimum atomic E-state index is -0.439. The zero-order chi connectivity index (χ0) is 107. The van der Waals surface area contributed by atoms with Crippen molar-refractivity contribution in [3.8, 4) is 89.0 Å². The molecule has 0 fully saturated rings. The van der Waals surface area contributed by atoms with Gasteiger partial charge in [-0.2, -0.15) is 0 Å². The van der Waals surface area contributed by atoms with Gasteiger partial charge in [-0.25, -0.2) is 0 Å². The van der Waals surface area contributed by atoms with Crippen LogP contribution >= 0.6 is 0 Å². The first-order chi connectivity index (χ1) is 75.0.